The van der Waals surface area contributed by atoms with Crippen molar-refractivity contribution in [2.75, 3.05) is 32.8 Å². The van der Waals surface area contributed by atoms with Crippen molar-refractivity contribution in [3.8, 4) is 0 Å². The Kier molecular flexibility index (Phi) is 11.4. The first-order valence-electron chi connectivity index (χ1n) is 8.45. The Balaban J connectivity index is 0. The summed E-state index contributed by atoms with van der Waals surface area (Å²) in [6.07, 6.45) is 0. The summed E-state index contributed by atoms with van der Waals surface area (Å²) in [5.41, 5.74) is -12.4. The third kappa shape index (κ3) is 11.0. The maximum atomic E-state index is 11.4. The molecule has 16 heteroatoms. The normalized spacial score (nSPS) is 14.3. The summed E-state index contributed by atoms with van der Waals surface area (Å²) in [6.45, 7) is 19.4. The minimum absolute atomic E-state index is 0.778. The van der Waals surface area contributed by atoms with E-state index in [-0.39, 0.29) is 0 Å². The molecule has 0 bridgehead atoms. The number of alkyl halides is 6. The summed E-state index contributed by atoms with van der Waals surface area (Å²) in [6, 6.07) is 0. The van der Waals surface area contributed by atoms with Gasteiger partial charge in [-0.2, -0.15) is 26.3 Å². The number of likely N-dealkylation sites (N-methyl/N-ethyl adjacent to an activating group) is 1. The van der Waals surface area contributed by atoms with Crippen LogP contribution in [-0.4, -0.2) is 73.4 Å². The van der Waals surface area contributed by atoms with Crippen molar-refractivity contribution in [1.29, 1.82) is 0 Å². The van der Waals surface area contributed by atoms with E-state index in [4.69, 9.17) is 4.43 Å². The highest BCUT2D eigenvalue weighted by atomic mass is 32.3. The lowest BCUT2D eigenvalue weighted by Gasteiger charge is -2.36. The molecule has 0 saturated heterocycles. The highest BCUT2D eigenvalue weighted by Crippen LogP contribution is 2.36. The summed E-state index contributed by atoms with van der Waals surface area (Å²) in [7, 11) is -14.7. The van der Waals surface area contributed by atoms with Gasteiger partial charge in [0, 0.05) is 0 Å². The van der Waals surface area contributed by atoms with Gasteiger partial charge < -0.3 is 13.0 Å². The van der Waals surface area contributed by atoms with Crippen LogP contribution in [-0.2, 0) is 24.5 Å². The maximum absolute atomic E-state index is 11.4. The molecule has 0 amide bonds. The molecule has 0 aliphatic heterocycles. The van der Waals surface area contributed by atoms with E-state index in [0.29, 0.717) is 0 Å². The summed E-state index contributed by atoms with van der Waals surface area (Å²) in [5.74, 6) is 0. The van der Waals surface area contributed by atoms with E-state index in [9.17, 15) is 43.2 Å². The second kappa shape index (κ2) is 10.7. The van der Waals surface area contributed by atoms with Crippen LogP contribution in [0.5, 0.6) is 0 Å². The molecule has 0 rings (SSSR count). The molecule has 0 radical (unpaired) electrons. The molecule has 0 aromatic rings. The summed E-state index contributed by atoms with van der Waals surface area (Å²) in [4.78, 5) is 0. The molecular weight excluding hydrogens is 470 g/mol. The highest BCUT2D eigenvalue weighted by molar-refractivity contribution is 8.13. The lowest BCUT2D eigenvalue weighted by Crippen LogP contribution is -2.50. The van der Waals surface area contributed by atoms with Gasteiger partial charge >= 0.3 is 11.0 Å². The van der Waals surface area contributed by atoms with Crippen molar-refractivity contribution in [2.45, 2.75) is 51.4 Å². The molecule has 0 fully saturated rings. The Bertz CT molecular complexity index is 648. The van der Waals surface area contributed by atoms with E-state index in [1.54, 1.807) is 0 Å². The molecular formula is C13H28F6N2O5S2Si. The van der Waals surface area contributed by atoms with E-state index in [2.05, 4.69) is 40.4 Å². The summed E-state index contributed by atoms with van der Waals surface area (Å²) in [5, 5.41) is 0. The van der Waals surface area contributed by atoms with Crippen LogP contribution in [0.25, 0.3) is 4.13 Å². The summed E-state index contributed by atoms with van der Waals surface area (Å²) < 4.78 is 116. The Labute approximate surface area is 169 Å². The van der Waals surface area contributed by atoms with Crippen molar-refractivity contribution in [2.24, 2.45) is 0 Å². The van der Waals surface area contributed by atoms with Gasteiger partial charge in [-0.05, 0) is 40.4 Å². The largest absolute Gasteiger partial charge is 0.480 e. The van der Waals surface area contributed by atoms with Crippen molar-refractivity contribution < 1.29 is 52.1 Å². The number of hydrogen-bond acceptors (Lipinski definition) is 5. The van der Waals surface area contributed by atoms with Crippen LogP contribution in [0, 0.1) is 0 Å². The topological polar surface area (TPSA) is 91.6 Å². The van der Waals surface area contributed by atoms with Crippen molar-refractivity contribution >= 4 is 28.4 Å². The van der Waals surface area contributed by atoms with Crippen LogP contribution in [0.4, 0.5) is 26.3 Å². The summed E-state index contributed by atoms with van der Waals surface area (Å²) >= 11 is 0. The second-order valence-electron chi connectivity index (χ2n) is 6.89. The fraction of sp³-hybridized carbons (Fsp3) is 1.00. The van der Waals surface area contributed by atoms with Crippen LogP contribution >= 0.6 is 0 Å². The molecule has 0 saturated carbocycles. The van der Waals surface area contributed by atoms with Gasteiger partial charge in [-0.15, -0.1) is 0 Å². The molecule has 0 aliphatic rings. The van der Waals surface area contributed by atoms with Gasteiger partial charge in [0.1, 0.15) is 6.54 Å². The van der Waals surface area contributed by atoms with Gasteiger partial charge in [-0.25, -0.2) is 16.8 Å². The first-order chi connectivity index (χ1) is 12.6. The Morgan fingerprint density at radius 2 is 1.10 bits per heavy atom. The first kappa shape index (κ1) is 30.8. The number of halogens is 6. The van der Waals surface area contributed by atoms with E-state index in [1.807, 2.05) is 0 Å². The van der Waals surface area contributed by atoms with Crippen molar-refractivity contribution in [3.05, 3.63) is 4.13 Å². The maximum Gasteiger partial charge on any atom is 0.480 e. The van der Waals surface area contributed by atoms with Gasteiger partial charge in [-0.3, -0.25) is 0 Å². The number of quaternary nitrogens is 1. The Morgan fingerprint density at radius 3 is 1.31 bits per heavy atom. The van der Waals surface area contributed by atoms with Gasteiger partial charge in [-0.1, -0.05) is 0 Å². The van der Waals surface area contributed by atoms with Crippen LogP contribution in [0.15, 0.2) is 0 Å². The smallest absolute Gasteiger partial charge is 0.421 e. The third-order valence-corrected chi connectivity index (χ3v) is 7.70. The zero-order chi connectivity index (χ0) is 23.9. The molecule has 178 valence electrons. The van der Waals surface area contributed by atoms with Crippen LogP contribution < -0.4 is 0 Å². The van der Waals surface area contributed by atoms with E-state index < -0.39 is 39.4 Å². The van der Waals surface area contributed by atoms with E-state index in [0.717, 1.165) is 10.7 Å². The number of nitrogens with zero attached hydrogens (tertiary/aromatic N) is 2. The minimum Gasteiger partial charge on any atom is -0.421 e. The minimum atomic E-state index is -6.72. The fourth-order valence-electron chi connectivity index (χ4n) is 1.90. The number of hydrogen-bond donors (Lipinski definition) is 0. The average Bonchev–Trinajstić information content (AvgIpc) is 2.48. The zero-order valence-electron chi connectivity index (χ0n) is 17.1. The van der Waals surface area contributed by atoms with E-state index in [1.165, 1.54) is 30.7 Å². The SMILES string of the molecule is CC[N+](CC)(CC)CCO[Si](C)(C)C.O=S(=O)([N-]S(=O)(=O)C(F)(F)F)C(F)(F)F. The third-order valence-electron chi connectivity index (χ3n) is 3.89. The quantitative estimate of drug-likeness (QED) is 0.274. The first-order valence-corrected chi connectivity index (χ1v) is 14.7. The molecule has 0 aliphatic carbocycles. The predicted octanol–water partition coefficient (Wildman–Crippen LogP) is 3.77. The Morgan fingerprint density at radius 1 is 0.793 bits per heavy atom. The number of sulfonamides is 2. The zero-order valence-corrected chi connectivity index (χ0v) is 19.7. The van der Waals surface area contributed by atoms with Crippen molar-refractivity contribution in [3.63, 3.8) is 0 Å². The highest BCUT2D eigenvalue weighted by Gasteiger charge is 2.46. The molecule has 0 spiro atoms. The molecule has 0 aromatic carbocycles. The second-order valence-corrected chi connectivity index (χ2v) is 14.8. The standard InChI is InChI=1S/C11H28NOSi.C2F6NO4S2/c1-7-12(8-2,9-3)10-11-13-14(4,5)6;3-1(4,5)14(10,11)9-15(12,13)2(6,7)8/h7-11H2,1-6H3;/q+1;-1. The molecule has 0 N–H and O–H groups in total. The van der Waals surface area contributed by atoms with Gasteiger partial charge in [0.2, 0.25) is 0 Å². The number of rotatable bonds is 9. The average molecular weight is 499 g/mol. The molecule has 0 unspecified atom stereocenters. The molecule has 29 heavy (non-hydrogen) atoms. The lowest BCUT2D eigenvalue weighted by atomic mass is 10.3. The van der Waals surface area contributed by atoms with Crippen LogP contribution in [0.2, 0.25) is 19.6 Å². The van der Waals surface area contributed by atoms with E-state index >= 15 is 0 Å². The van der Waals surface area contributed by atoms with Crippen LogP contribution in [0.1, 0.15) is 20.8 Å². The molecule has 0 aromatic heterocycles. The monoisotopic (exact) mass is 498 g/mol. The molecule has 0 heterocycles. The fourth-order valence-corrected chi connectivity index (χ4v) is 4.32. The Hall–Kier alpha value is -0.423. The van der Waals surface area contributed by atoms with Crippen LogP contribution in [0.3, 0.4) is 0 Å². The lowest BCUT2D eigenvalue weighted by molar-refractivity contribution is -0.923. The molecule has 0 atom stereocenters. The van der Waals surface area contributed by atoms with Gasteiger partial charge in [0.15, 0.2) is 28.4 Å². The van der Waals surface area contributed by atoms with Crippen molar-refractivity contribution in [1.82, 2.24) is 0 Å². The van der Waals surface area contributed by atoms with Gasteiger partial charge in [0.05, 0.1) is 26.2 Å². The van der Waals surface area contributed by atoms with Gasteiger partial charge in [0.25, 0.3) is 0 Å². The predicted molar refractivity (Wildman–Crippen MR) is 99.4 cm³/mol. The molecule has 7 nitrogen and oxygen atoms in total.